The minimum absolute atomic E-state index is 0.0680. The predicted molar refractivity (Wildman–Crippen MR) is 70.5 cm³/mol. The highest BCUT2D eigenvalue weighted by atomic mass is 35.5. The first-order chi connectivity index (χ1) is 7.56. The second-order valence-corrected chi connectivity index (χ2v) is 6.05. The molecule has 1 rings (SSSR count). The average Bonchev–Trinajstić information content (AvgIpc) is 2.27. The Labute approximate surface area is 105 Å². The van der Waals surface area contributed by atoms with Crippen LogP contribution in [0.15, 0.2) is 29.2 Å². The minimum atomic E-state index is -1.02. The van der Waals surface area contributed by atoms with Crippen molar-refractivity contribution < 1.29 is 4.21 Å². The molecule has 0 radical (unpaired) electrons. The van der Waals surface area contributed by atoms with E-state index in [0.29, 0.717) is 5.02 Å². The van der Waals surface area contributed by atoms with E-state index < -0.39 is 10.8 Å². The van der Waals surface area contributed by atoms with Gasteiger partial charge in [0.2, 0.25) is 0 Å². The van der Waals surface area contributed by atoms with Crippen molar-refractivity contribution in [2.24, 2.45) is 0 Å². The van der Waals surface area contributed by atoms with Gasteiger partial charge in [-0.2, -0.15) is 0 Å². The summed E-state index contributed by atoms with van der Waals surface area (Å²) >= 11 is 5.88. The van der Waals surface area contributed by atoms with Gasteiger partial charge in [-0.3, -0.25) is 4.21 Å². The summed E-state index contributed by atoms with van der Waals surface area (Å²) in [7, 11) is -1.02. The van der Waals surface area contributed by atoms with E-state index in [2.05, 4.69) is 12.2 Å². The maximum Gasteiger partial charge on any atom is 0.0574 e. The summed E-state index contributed by atoms with van der Waals surface area (Å²) < 4.78 is 12.2. The fourth-order valence-corrected chi connectivity index (χ4v) is 3.09. The van der Waals surface area contributed by atoms with Crippen LogP contribution in [-0.2, 0) is 10.8 Å². The van der Waals surface area contributed by atoms with Crippen LogP contribution >= 0.6 is 11.6 Å². The van der Waals surface area contributed by atoms with Crippen LogP contribution in [0, 0.1) is 0 Å². The first kappa shape index (κ1) is 13.7. The van der Waals surface area contributed by atoms with Crippen molar-refractivity contribution in [3.8, 4) is 0 Å². The fourth-order valence-electron chi connectivity index (χ4n) is 1.48. The van der Waals surface area contributed by atoms with E-state index in [1.165, 1.54) is 0 Å². The number of hydrogen-bond acceptors (Lipinski definition) is 2. The van der Waals surface area contributed by atoms with Crippen LogP contribution in [0.25, 0.3) is 0 Å². The van der Waals surface area contributed by atoms with Gasteiger partial charge in [-0.25, -0.2) is 0 Å². The molecule has 0 heterocycles. The molecular formula is C12H18ClNOS. The molecular weight excluding hydrogens is 242 g/mol. The predicted octanol–water partition coefficient (Wildman–Crippen LogP) is 2.83. The Morgan fingerprint density at radius 3 is 2.69 bits per heavy atom. The highest BCUT2D eigenvalue weighted by Gasteiger charge is 2.19. The van der Waals surface area contributed by atoms with Gasteiger partial charge in [0.1, 0.15) is 0 Å². The van der Waals surface area contributed by atoms with Crippen LogP contribution in [0.1, 0.15) is 20.8 Å². The lowest BCUT2D eigenvalue weighted by Crippen LogP contribution is -2.37. The summed E-state index contributed by atoms with van der Waals surface area (Å²) in [6.45, 7) is 6.98. The second-order valence-electron chi connectivity index (χ2n) is 3.81. The number of hydrogen-bond donors (Lipinski definition) is 1. The Bertz CT molecular complexity index is 370. The average molecular weight is 260 g/mol. The Kier molecular flexibility index (Phi) is 5.46. The molecule has 0 aliphatic carbocycles. The van der Waals surface area contributed by atoms with E-state index >= 15 is 0 Å². The third-order valence-corrected chi connectivity index (χ3v) is 4.63. The van der Waals surface area contributed by atoms with Gasteiger partial charge >= 0.3 is 0 Å². The number of halogens is 1. The summed E-state index contributed by atoms with van der Waals surface area (Å²) in [6, 6.07) is 7.48. The van der Waals surface area contributed by atoms with Crippen molar-refractivity contribution >= 4 is 22.4 Å². The smallest absolute Gasteiger partial charge is 0.0574 e. The van der Waals surface area contributed by atoms with Gasteiger partial charge in [0.25, 0.3) is 0 Å². The van der Waals surface area contributed by atoms with Crippen molar-refractivity contribution in [2.75, 3.05) is 6.54 Å². The lowest BCUT2D eigenvalue weighted by molar-refractivity contribution is 0.550. The molecule has 16 heavy (non-hydrogen) atoms. The van der Waals surface area contributed by atoms with Crippen LogP contribution in [0.3, 0.4) is 0 Å². The van der Waals surface area contributed by atoms with Crippen LogP contribution in [0.4, 0.5) is 0 Å². The minimum Gasteiger partial charge on any atom is -0.313 e. The summed E-state index contributed by atoms with van der Waals surface area (Å²) in [5.74, 6) is 0. The normalized spacial score (nSPS) is 16.8. The molecule has 0 saturated carbocycles. The first-order valence-electron chi connectivity index (χ1n) is 5.45. The molecule has 0 amide bonds. The quantitative estimate of drug-likeness (QED) is 0.881. The Balaban J connectivity index is 2.77. The van der Waals surface area contributed by atoms with Crippen LogP contribution < -0.4 is 5.32 Å². The van der Waals surface area contributed by atoms with Gasteiger partial charge in [-0.15, -0.1) is 0 Å². The topological polar surface area (TPSA) is 29.1 Å². The van der Waals surface area contributed by atoms with E-state index in [0.717, 1.165) is 11.4 Å². The maximum atomic E-state index is 12.2. The third-order valence-electron chi connectivity index (χ3n) is 2.60. The number of benzene rings is 1. The molecule has 1 N–H and O–H groups in total. The van der Waals surface area contributed by atoms with Gasteiger partial charge in [-0.1, -0.05) is 24.6 Å². The van der Waals surface area contributed by atoms with Gasteiger partial charge in [0, 0.05) is 16.0 Å². The van der Waals surface area contributed by atoms with E-state index in [1.54, 1.807) is 12.1 Å². The Morgan fingerprint density at radius 2 is 2.12 bits per heavy atom. The molecule has 90 valence electrons. The molecule has 2 nitrogen and oxygen atoms in total. The third kappa shape index (κ3) is 3.58. The van der Waals surface area contributed by atoms with Crippen molar-refractivity contribution in [2.45, 2.75) is 37.0 Å². The summed E-state index contributed by atoms with van der Waals surface area (Å²) in [5.41, 5.74) is 0. The molecule has 0 spiro atoms. The number of nitrogens with one attached hydrogen (secondary N) is 1. The molecule has 0 fully saturated rings. The SMILES string of the molecule is CCNC(C)C(C)S(=O)c1cccc(Cl)c1. The second kappa shape index (κ2) is 6.38. The lowest BCUT2D eigenvalue weighted by atomic mass is 10.2. The van der Waals surface area contributed by atoms with Crippen molar-refractivity contribution in [3.63, 3.8) is 0 Å². The largest absolute Gasteiger partial charge is 0.313 e. The molecule has 3 atom stereocenters. The summed E-state index contributed by atoms with van der Waals surface area (Å²) in [6.07, 6.45) is 0. The molecule has 1 aromatic carbocycles. The van der Waals surface area contributed by atoms with E-state index in [1.807, 2.05) is 26.0 Å². The standard InChI is InChI=1S/C12H18ClNOS/c1-4-14-9(2)10(3)16(15)12-7-5-6-11(13)8-12/h5-10,14H,4H2,1-3H3. The van der Waals surface area contributed by atoms with Gasteiger partial charge in [0.05, 0.1) is 16.0 Å². The highest BCUT2D eigenvalue weighted by molar-refractivity contribution is 7.85. The monoisotopic (exact) mass is 259 g/mol. The highest BCUT2D eigenvalue weighted by Crippen LogP contribution is 2.18. The van der Waals surface area contributed by atoms with E-state index in [-0.39, 0.29) is 11.3 Å². The molecule has 0 saturated heterocycles. The first-order valence-corrected chi connectivity index (χ1v) is 7.05. The molecule has 4 heteroatoms. The van der Waals surface area contributed by atoms with Gasteiger partial charge in [-0.05, 0) is 38.6 Å². The molecule has 0 bridgehead atoms. The van der Waals surface area contributed by atoms with Crippen LogP contribution in [0.5, 0.6) is 0 Å². The molecule has 1 aromatic rings. The Morgan fingerprint density at radius 1 is 1.44 bits per heavy atom. The zero-order valence-electron chi connectivity index (χ0n) is 9.87. The zero-order valence-corrected chi connectivity index (χ0v) is 11.4. The Hall–Kier alpha value is -0.380. The molecule has 0 aliphatic rings. The van der Waals surface area contributed by atoms with Gasteiger partial charge < -0.3 is 5.32 Å². The number of rotatable bonds is 5. The van der Waals surface area contributed by atoms with Crippen molar-refractivity contribution in [3.05, 3.63) is 29.3 Å². The van der Waals surface area contributed by atoms with Crippen LogP contribution in [-0.4, -0.2) is 22.0 Å². The molecule has 0 aliphatic heterocycles. The van der Waals surface area contributed by atoms with Crippen LogP contribution in [0.2, 0.25) is 5.02 Å². The fraction of sp³-hybridized carbons (Fsp3) is 0.500. The summed E-state index contributed by atoms with van der Waals surface area (Å²) in [4.78, 5) is 0.796. The molecule has 0 aromatic heterocycles. The lowest BCUT2D eigenvalue weighted by Gasteiger charge is -2.20. The van der Waals surface area contributed by atoms with E-state index in [9.17, 15) is 4.21 Å². The maximum absolute atomic E-state index is 12.2. The van der Waals surface area contributed by atoms with Gasteiger partial charge in [0.15, 0.2) is 0 Å². The van der Waals surface area contributed by atoms with Crippen molar-refractivity contribution in [1.82, 2.24) is 5.32 Å². The molecule has 3 unspecified atom stereocenters. The zero-order chi connectivity index (χ0) is 12.1. The summed E-state index contributed by atoms with van der Waals surface area (Å²) in [5, 5.41) is 3.99. The van der Waals surface area contributed by atoms with Crippen molar-refractivity contribution in [1.29, 1.82) is 0 Å². The van der Waals surface area contributed by atoms with E-state index in [4.69, 9.17) is 11.6 Å².